The van der Waals surface area contributed by atoms with Gasteiger partial charge in [-0.1, -0.05) is 44.2 Å². The Hall–Kier alpha value is -0.860. The summed E-state index contributed by atoms with van der Waals surface area (Å²) >= 11 is 0. The number of rotatable bonds is 3. The van der Waals surface area contributed by atoms with Crippen molar-refractivity contribution in [1.82, 2.24) is 9.80 Å². The van der Waals surface area contributed by atoms with Crippen LogP contribution in [-0.2, 0) is 6.54 Å². The van der Waals surface area contributed by atoms with E-state index in [1.807, 2.05) is 0 Å². The van der Waals surface area contributed by atoms with E-state index in [2.05, 4.69) is 54.0 Å². The van der Waals surface area contributed by atoms with E-state index in [9.17, 15) is 0 Å². The van der Waals surface area contributed by atoms with E-state index in [1.54, 1.807) is 0 Å². The molecular weight excluding hydrogens is 256 g/mol. The molecule has 3 rings (SSSR count). The van der Waals surface area contributed by atoms with E-state index in [0.29, 0.717) is 0 Å². The third-order valence-corrected chi connectivity index (χ3v) is 5.33. The van der Waals surface area contributed by atoms with Crippen molar-refractivity contribution in [1.29, 1.82) is 0 Å². The number of hydrogen-bond acceptors (Lipinski definition) is 2. The maximum atomic E-state index is 2.77. The van der Waals surface area contributed by atoms with Crippen molar-refractivity contribution in [3.05, 3.63) is 35.9 Å². The summed E-state index contributed by atoms with van der Waals surface area (Å²) in [7, 11) is 0. The van der Waals surface area contributed by atoms with Crippen LogP contribution in [0.5, 0.6) is 0 Å². The topological polar surface area (TPSA) is 6.48 Å². The summed E-state index contributed by atoms with van der Waals surface area (Å²) in [5.41, 5.74) is 1.45. The normalized spacial score (nSPS) is 32.2. The summed E-state index contributed by atoms with van der Waals surface area (Å²) in [6.07, 6.45) is 4.27. The molecule has 1 aromatic rings. The maximum absolute atomic E-state index is 2.77. The standard InChI is InChI=1S/C19H30N2/c1-16-12-17(2)14-19(13-16)21-10-8-20(9-11-21)15-18-6-4-3-5-7-18/h3-7,16-17,19H,8-15H2,1-2H3. The zero-order valence-electron chi connectivity index (χ0n) is 13.7. The van der Waals surface area contributed by atoms with Crippen LogP contribution in [0.25, 0.3) is 0 Å². The molecule has 1 aliphatic carbocycles. The van der Waals surface area contributed by atoms with Gasteiger partial charge < -0.3 is 0 Å². The van der Waals surface area contributed by atoms with Gasteiger partial charge in [-0.15, -0.1) is 0 Å². The summed E-state index contributed by atoms with van der Waals surface area (Å²) in [6, 6.07) is 11.7. The summed E-state index contributed by atoms with van der Waals surface area (Å²) in [6.45, 7) is 11.0. The average Bonchev–Trinajstić information content (AvgIpc) is 2.48. The van der Waals surface area contributed by atoms with Crippen LogP contribution in [0, 0.1) is 11.8 Å². The van der Waals surface area contributed by atoms with Gasteiger partial charge in [0.1, 0.15) is 0 Å². The Balaban J connectivity index is 1.48. The zero-order chi connectivity index (χ0) is 14.7. The van der Waals surface area contributed by atoms with E-state index in [4.69, 9.17) is 0 Å². The third-order valence-electron chi connectivity index (χ3n) is 5.33. The monoisotopic (exact) mass is 286 g/mol. The first-order valence-corrected chi connectivity index (χ1v) is 8.71. The fourth-order valence-electron chi connectivity index (χ4n) is 4.33. The molecule has 0 spiro atoms. The van der Waals surface area contributed by atoms with E-state index in [-0.39, 0.29) is 0 Å². The molecule has 1 aromatic carbocycles. The summed E-state index contributed by atoms with van der Waals surface area (Å²) < 4.78 is 0. The Morgan fingerprint density at radius 1 is 0.857 bits per heavy atom. The lowest BCUT2D eigenvalue weighted by molar-refractivity contribution is 0.0537. The van der Waals surface area contributed by atoms with E-state index in [0.717, 1.165) is 24.4 Å². The molecule has 0 radical (unpaired) electrons. The van der Waals surface area contributed by atoms with E-state index >= 15 is 0 Å². The molecule has 21 heavy (non-hydrogen) atoms. The molecule has 1 heterocycles. The molecule has 1 aliphatic heterocycles. The fraction of sp³-hybridized carbons (Fsp3) is 0.684. The Labute approximate surface area is 130 Å². The van der Waals surface area contributed by atoms with Crippen molar-refractivity contribution < 1.29 is 0 Å². The SMILES string of the molecule is CC1CC(C)CC(N2CCN(Cc3ccccc3)CC2)C1. The first-order chi connectivity index (χ1) is 10.2. The second-order valence-corrected chi connectivity index (χ2v) is 7.37. The molecule has 2 atom stereocenters. The van der Waals surface area contributed by atoms with Crippen LogP contribution in [-0.4, -0.2) is 42.0 Å². The number of nitrogens with zero attached hydrogens (tertiary/aromatic N) is 2. The lowest BCUT2D eigenvalue weighted by Gasteiger charge is -2.43. The van der Waals surface area contributed by atoms with Gasteiger partial charge in [-0.25, -0.2) is 0 Å². The lowest BCUT2D eigenvalue weighted by Crippen LogP contribution is -2.51. The van der Waals surface area contributed by atoms with E-state index in [1.165, 1.54) is 51.0 Å². The molecule has 2 nitrogen and oxygen atoms in total. The largest absolute Gasteiger partial charge is 0.298 e. The minimum atomic E-state index is 0.850. The predicted octanol–water partition coefficient (Wildman–Crippen LogP) is 3.63. The molecular formula is C19H30N2. The van der Waals surface area contributed by atoms with Crippen LogP contribution in [0.15, 0.2) is 30.3 Å². The van der Waals surface area contributed by atoms with Crippen LogP contribution < -0.4 is 0 Å². The van der Waals surface area contributed by atoms with Crippen LogP contribution >= 0.6 is 0 Å². The molecule has 0 aromatic heterocycles. The Morgan fingerprint density at radius 2 is 1.48 bits per heavy atom. The molecule has 116 valence electrons. The van der Waals surface area contributed by atoms with Crippen molar-refractivity contribution in [2.45, 2.75) is 45.7 Å². The van der Waals surface area contributed by atoms with Gasteiger partial charge in [0, 0.05) is 38.8 Å². The Kier molecular flexibility index (Phi) is 4.97. The highest BCUT2D eigenvalue weighted by molar-refractivity contribution is 5.14. The van der Waals surface area contributed by atoms with Crippen LogP contribution in [0.2, 0.25) is 0 Å². The van der Waals surface area contributed by atoms with Crippen molar-refractivity contribution in [2.24, 2.45) is 11.8 Å². The van der Waals surface area contributed by atoms with Crippen molar-refractivity contribution in [3.8, 4) is 0 Å². The van der Waals surface area contributed by atoms with Crippen LogP contribution in [0.4, 0.5) is 0 Å². The van der Waals surface area contributed by atoms with Crippen LogP contribution in [0.3, 0.4) is 0 Å². The Morgan fingerprint density at radius 3 is 2.10 bits per heavy atom. The highest BCUT2D eigenvalue weighted by Gasteiger charge is 2.30. The number of piperazine rings is 1. The molecule has 2 heteroatoms. The Bertz CT molecular complexity index is 412. The molecule has 2 aliphatic rings. The van der Waals surface area contributed by atoms with Gasteiger partial charge in [-0.2, -0.15) is 0 Å². The smallest absolute Gasteiger partial charge is 0.0234 e. The number of hydrogen-bond donors (Lipinski definition) is 0. The van der Waals surface area contributed by atoms with Gasteiger partial charge in [-0.05, 0) is 36.7 Å². The molecule has 1 saturated heterocycles. The highest BCUT2D eigenvalue weighted by atomic mass is 15.3. The summed E-state index contributed by atoms with van der Waals surface area (Å²) in [5.74, 6) is 1.84. The molecule has 0 bridgehead atoms. The fourth-order valence-corrected chi connectivity index (χ4v) is 4.33. The quantitative estimate of drug-likeness (QED) is 0.837. The lowest BCUT2D eigenvalue weighted by atomic mass is 9.79. The van der Waals surface area contributed by atoms with Crippen LogP contribution in [0.1, 0.15) is 38.7 Å². The minimum Gasteiger partial charge on any atom is -0.298 e. The first kappa shape index (κ1) is 15.1. The van der Waals surface area contributed by atoms with Crippen molar-refractivity contribution in [3.63, 3.8) is 0 Å². The summed E-state index contributed by atoms with van der Waals surface area (Å²) in [4.78, 5) is 5.38. The van der Waals surface area contributed by atoms with Gasteiger partial charge in [0.15, 0.2) is 0 Å². The third kappa shape index (κ3) is 4.08. The number of benzene rings is 1. The first-order valence-electron chi connectivity index (χ1n) is 8.71. The van der Waals surface area contributed by atoms with Crippen molar-refractivity contribution in [2.75, 3.05) is 26.2 Å². The highest BCUT2D eigenvalue weighted by Crippen LogP contribution is 2.32. The zero-order valence-corrected chi connectivity index (χ0v) is 13.7. The van der Waals surface area contributed by atoms with Gasteiger partial charge >= 0.3 is 0 Å². The molecule has 2 fully saturated rings. The molecule has 1 saturated carbocycles. The van der Waals surface area contributed by atoms with Gasteiger partial charge in [0.2, 0.25) is 0 Å². The second kappa shape index (κ2) is 6.93. The molecule has 2 unspecified atom stereocenters. The van der Waals surface area contributed by atoms with Gasteiger partial charge in [0.25, 0.3) is 0 Å². The summed E-state index contributed by atoms with van der Waals surface area (Å²) in [5, 5.41) is 0. The predicted molar refractivity (Wildman–Crippen MR) is 89.3 cm³/mol. The van der Waals surface area contributed by atoms with Crippen molar-refractivity contribution >= 4 is 0 Å². The van der Waals surface area contributed by atoms with E-state index < -0.39 is 0 Å². The second-order valence-electron chi connectivity index (χ2n) is 7.37. The minimum absolute atomic E-state index is 0.850. The average molecular weight is 286 g/mol. The molecule has 0 amide bonds. The maximum Gasteiger partial charge on any atom is 0.0234 e. The van der Waals surface area contributed by atoms with Gasteiger partial charge in [0.05, 0.1) is 0 Å². The van der Waals surface area contributed by atoms with Gasteiger partial charge in [-0.3, -0.25) is 9.80 Å². The molecule has 0 N–H and O–H groups in total.